The van der Waals surface area contributed by atoms with Crippen LogP contribution in [0.5, 0.6) is 0 Å². The quantitative estimate of drug-likeness (QED) is 0.213. The topological polar surface area (TPSA) is 80.8 Å². The zero-order valence-corrected chi connectivity index (χ0v) is 24.8. The number of aromatic nitrogens is 7. The van der Waals surface area contributed by atoms with E-state index < -0.39 is 23.5 Å². The Bertz CT molecular complexity index is 1630. The SMILES string of the molecule is Cc1nn(C)c2nc(C(C3CC3)N(C)C3CCC3)c(CN(Cc3cc(C(F)(F)F)cc(C(F)(F)F)c3)c3nnn(C)n3)cc12. The van der Waals surface area contributed by atoms with Crippen LogP contribution in [-0.2, 0) is 39.5 Å². The molecule has 3 heterocycles. The molecule has 2 saturated carbocycles. The maximum absolute atomic E-state index is 13.7. The van der Waals surface area contributed by atoms with Gasteiger partial charge < -0.3 is 4.90 Å². The number of aryl methyl sites for hydroxylation is 3. The summed E-state index contributed by atoms with van der Waals surface area (Å²) in [5.41, 5.74) is 0.150. The van der Waals surface area contributed by atoms with E-state index in [1.807, 2.05) is 20.0 Å². The summed E-state index contributed by atoms with van der Waals surface area (Å²) >= 11 is 0. The van der Waals surface area contributed by atoms with E-state index in [0.717, 1.165) is 66.6 Å². The van der Waals surface area contributed by atoms with Crippen LogP contribution in [0.1, 0.15) is 71.8 Å². The van der Waals surface area contributed by atoms with Gasteiger partial charge in [0.05, 0.1) is 35.6 Å². The number of benzene rings is 1. The van der Waals surface area contributed by atoms with Crippen LogP contribution in [0, 0.1) is 12.8 Å². The number of fused-ring (bicyclic) bond motifs is 1. The molecule has 15 heteroatoms. The maximum atomic E-state index is 13.7. The van der Waals surface area contributed by atoms with E-state index in [1.165, 1.54) is 11.8 Å². The van der Waals surface area contributed by atoms with Gasteiger partial charge in [0, 0.05) is 31.6 Å². The molecule has 0 amide bonds. The van der Waals surface area contributed by atoms with E-state index in [9.17, 15) is 26.3 Å². The van der Waals surface area contributed by atoms with Crippen molar-refractivity contribution in [2.45, 2.75) is 76.6 Å². The van der Waals surface area contributed by atoms with E-state index in [0.29, 0.717) is 17.6 Å². The first-order valence-electron chi connectivity index (χ1n) is 14.5. The third kappa shape index (κ3) is 5.97. The molecule has 0 radical (unpaired) electrons. The van der Waals surface area contributed by atoms with Crippen molar-refractivity contribution in [3.05, 3.63) is 57.9 Å². The Morgan fingerprint density at radius 3 is 2.09 bits per heavy atom. The zero-order valence-electron chi connectivity index (χ0n) is 24.8. The van der Waals surface area contributed by atoms with Crippen LogP contribution in [0.15, 0.2) is 24.3 Å². The summed E-state index contributed by atoms with van der Waals surface area (Å²) in [4.78, 5) is 10.3. The Labute approximate surface area is 249 Å². The fraction of sp³-hybridized carbons (Fsp3) is 0.552. The lowest BCUT2D eigenvalue weighted by Crippen LogP contribution is -2.41. The molecule has 9 nitrogen and oxygen atoms in total. The Balaban J connectivity index is 1.46. The molecular weight excluding hydrogens is 588 g/mol. The van der Waals surface area contributed by atoms with Crippen molar-refractivity contribution in [1.82, 2.24) is 39.9 Å². The second kappa shape index (κ2) is 11.0. The molecular formula is C29H33F6N9. The van der Waals surface area contributed by atoms with E-state index in [-0.39, 0.29) is 36.7 Å². The van der Waals surface area contributed by atoms with Crippen molar-refractivity contribution in [3.63, 3.8) is 0 Å². The molecule has 3 aromatic heterocycles. The van der Waals surface area contributed by atoms with Crippen molar-refractivity contribution in [3.8, 4) is 0 Å². The van der Waals surface area contributed by atoms with Crippen LogP contribution in [0.3, 0.4) is 0 Å². The summed E-state index contributed by atoms with van der Waals surface area (Å²) in [6.45, 7) is 1.63. The fourth-order valence-electron chi connectivity index (χ4n) is 6.10. The molecule has 2 fully saturated rings. The molecule has 4 aromatic rings. The van der Waals surface area contributed by atoms with E-state index in [2.05, 4.69) is 32.5 Å². The molecule has 0 bridgehead atoms. The minimum Gasteiger partial charge on any atom is -0.329 e. The van der Waals surface area contributed by atoms with Crippen molar-refractivity contribution >= 4 is 17.0 Å². The number of rotatable bonds is 9. The van der Waals surface area contributed by atoms with Gasteiger partial charge in [-0.1, -0.05) is 11.5 Å². The molecule has 236 valence electrons. The van der Waals surface area contributed by atoms with Gasteiger partial charge in [-0.3, -0.25) is 9.58 Å². The normalized spacial score (nSPS) is 17.0. The first kappa shape index (κ1) is 30.3. The molecule has 0 aliphatic heterocycles. The molecule has 0 spiro atoms. The average molecular weight is 622 g/mol. The van der Waals surface area contributed by atoms with Gasteiger partial charge in [0.2, 0.25) is 0 Å². The highest BCUT2D eigenvalue weighted by molar-refractivity contribution is 5.79. The number of tetrazole rings is 1. The van der Waals surface area contributed by atoms with Gasteiger partial charge in [-0.15, -0.1) is 5.10 Å². The molecule has 1 atom stereocenters. The Morgan fingerprint density at radius 2 is 1.57 bits per heavy atom. The van der Waals surface area contributed by atoms with Crippen molar-refractivity contribution in [2.24, 2.45) is 20.0 Å². The lowest BCUT2D eigenvalue weighted by atomic mass is 9.88. The monoisotopic (exact) mass is 621 g/mol. The highest BCUT2D eigenvalue weighted by Crippen LogP contribution is 2.47. The molecule has 2 aliphatic rings. The Hall–Kier alpha value is -3.75. The summed E-state index contributed by atoms with van der Waals surface area (Å²) in [5.74, 6) is 0.460. The number of pyridine rings is 1. The van der Waals surface area contributed by atoms with Gasteiger partial charge >= 0.3 is 12.4 Å². The highest BCUT2D eigenvalue weighted by atomic mass is 19.4. The molecule has 0 saturated heterocycles. The molecule has 1 unspecified atom stereocenters. The lowest BCUT2D eigenvalue weighted by Gasteiger charge is -2.40. The summed E-state index contributed by atoms with van der Waals surface area (Å²) in [6, 6.07) is 4.01. The number of hydrogen-bond donors (Lipinski definition) is 0. The van der Waals surface area contributed by atoms with Gasteiger partial charge in [-0.25, -0.2) is 4.98 Å². The molecule has 1 aromatic carbocycles. The van der Waals surface area contributed by atoms with Crippen LogP contribution in [0.4, 0.5) is 32.3 Å². The van der Waals surface area contributed by atoms with Crippen LogP contribution < -0.4 is 4.90 Å². The standard InChI is InChI=1S/C29H33F6N9/c1-16-23-12-19(24(36-26(23)42(3)38-16)25(18-8-9-18)41(2)22-6-5-7-22)15-44(27-37-40-43(4)39-27)14-17-10-20(28(30,31)32)13-21(11-17)29(33,34)35/h10-13,18,22,25H,5-9,14-15H2,1-4H3. The van der Waals surface area contributed by atoms with Crippen LogP contribution in [0.2, 0.25) is 0 Å². The van der Waals surface area contributed by atoms with Crippen molar-refractivity contribution in [1.29, 1.82) is 0 Å². The number of alkyl halides is 6. The minimum absolute atomic E-state index is 0.00281. The van der Waals surface area contributed by atoms with E-state index in [4.69, 9.17) is 4.98 Å². The minimum atomic E-state index is -4.96. The van der Waals surface area contributed by atoms with Gasteiger partial charge in [0.25, 0.3) is 5.95 Å². The zero-order chi connectivity index (χ0) is 31.6. The number of nitrogens with zero attached hydrogens (tertiary/aromatic N) is 9. The number of halogens is 6. The molecule has 2 aliphatic carbocycles. The third-order valence-corrected chi connectivity index (χ3v) is 8.71. The van der Waals surface area contributed by atoms with Gasteiger partial charge in [0.15, 0.2) is 5.65 Å². The van der Waals surface area contributed by atoms with E-state index in [1.54, 1.807) is 9.58 Å². The highest BCUT2D eigenvalue weighted by Gasteiger charge is 2.41. The average Bonchev–Trinajstić information content (AvgIpc) is 3.57. The van der Waals surface area contributed by atoms with Gasteiger partial charge in [-0.2, -0.15) is 36.2 Å². The van der Waals surface area contributed by atoms with Crippen LogP contribution in [-0.4, -0.2) is 53.0 Å². The maximum Gasteiger partial charge on any atom is 0.416 e. The van der Waals surface area contributed by atoms with Crippen molar-refractivity contribution in [2.75, 3.05) is 11.9 Å². The number of anilines is 1. The smallest absolute Gasteiger partial charge is 0.329 e. The molecule has 6 rings (SSSR count). The van der Waals surface area contributed by atoms with Crippen molar-refractivity contribution < 1.29 is 26.3 Å². The predicted molar refractivity (Wildman–Crippen MR) is 149 cm³/mol. The summed E-state index contributed by atoms with van der Waals surface area (Å²) in [5, 5.41) is 17.6. The number of hydrogen-bond acceptors (Lipinski definition) is 7. The third-order valence-electron chi connectivity index (χ3n) is 8.71. The van der Waals surface area contributed by atoms with Crippen LogP contribution in [0.25, 0.3) is 11.0 Å². The summed E-state index contributed by atoms with van der Waals surface area (Å²) in [7, 11) is 5.48. The van der Waals surface area contributed by atoms with Crippen LogP contribution >= 0.6 is 0 Å². The summed E-state index contributed by atoms with van der Waals surface area (Å²) < 4.78 is 83.9. The van der Waals surface area contributed by atoms with Gasteiger partial charge in [-0.05, 0) is 86.2 Å². The second-order valence-electron chi connectivity index (χ2n) is 12.0. The Kier molecular flexibility index (Phi) is 7.57. The predicted octanol–water partition coefficient (Wildman–Crippen LogP) is 5.98. The second-order valence-corrected chi connectivity index (χ2v) is 12.0. The summed E-state index contributed by atoms with van der Waals surface area (Å²) in [6.07, 6.45) is -4.49. The lowest BCUT2D eigenvalue weighted by molar-refractivity contribution is -0.143. The largest absolute Gasteiger partial charge is 0.416 e. The Morgan fingerprint density at radius 1 is 0.909 bits per heavy atom. The fourth-order valence-corrected chi connectivity index (χ4v) is 6.10. The first-order valence-corrected chi connectivity index (χ1v) is 14.5. The van der Waals surface area contributed by atoms with E-state index >= 15 is 0 Å². The molecule has 0 N–H and O–H groups in total. The van der Waals surface area contributed by atoms with Gasteiger partial charge in [0.1, 0.15) is 0 Å². The first-order chi connectivity index (χ1) is 20.7. The molecule has 44 heavy (non-hydrogen) atoms.